The van der Waals surface area contributed by atoms with Crippen LogP contribution in [0.1, 0.15) is 16.8 Å². The van der Waals surface area contributed by atoms with Gasteiger partial charge in [-0.05, 0) is 35.9 Å². The smallest absolute Gasteiger partial charge is 0.350 e. The highest BCUT2D eigenvalue weighted by Crippen LogP contribution is 2.32. The predicted octanol–water partition coefficient (Wildman–Crippen LogP) is 5.20. The fourth-order valence-corrected chi connectivity index (χ4v) is 3.32. The van der Waals surface area contributed by atoms with Gasteiger partial charge in [-0.1, -0.05) is 24.3 Å². The van der Waals surface area contributed by atoms with Crippen molar-refractivity contribution >= 4 is 15.8 Å². The SMILES string of the molecule is CS(=O)(=O)c1ccc(-c2cc(C(F)(F)F)nc(NCc3ccc(C(F)(F)F)cc3)n2)cc1. The largest absolute Gasteiger partial charge is 0.433 e. The van der Waals surface area contributed by atoms with Crippen LogP contribution in [-0.4, -0.2) is 24.6 Å². The molecule has 170 valence electrons. The molecule has 0 atom stereocenters. The van der Waals surface area contributed by atoms with E-state index in [9.17, 15) is 34.8 Å². The summed E-state index contributed by atoms with van der Waals surface area (Å²) < 4.78 is 101. The molecule has 1 N–H and O–H groups in total. The van der Waals surface area contributed by atoms with Crippen molar-refractivity contribution in [2.75, 3.05) is 11.6 Å². The fourth-order valence-electron chi connectivity index (χ4n) is 2.68. The van der Waals surface area contributed by atoms with Crippen LogP contribution < -0.4 is 5.32 Å². The zero-order chi connectivity index (χ0) is 23.7. The van der Waals surface area contributed by atoms with Crippen LogP contribution in [0.15, 0.2) is 59.5 Å². The Labute approximate surface area is 179 Å². The van der Waals surface area contributed by atoms with Gasteiger partial charge in [-0.25, -0.2) is 18.4 Å². The molecule has 0 saturated carbocycles. The molecule has 32 heavy (non-hydrogen) atoms. The summed E-state index contributed by atoms with van der Waals surface area (Å²) in [6, 6.07) is 9.94. The molecule has 0 saturated heterocycles. The summed E-state index contributed by atoms with van der Waals surface area (Å²) in [5.41, 5.74) is -1.59. The van der Waals surface area contributed by atoms with Gasteiger partial charge in [0.25, 0.3) is 0 Å². The first-order valence-corrected chi connectivity index (χ1v) is 10.8. The number of aromatic nitrogens is 2. The predicted molar refractivity (Wildman–Crippen MR) is 104 cm³/mol. The van der Waals surface area contributed by atoms with E-state index in [4.69, 9.17) is 0 Å². The topological polar surface area (TPSA) is 72.0 Å². The van der Waals surface area contributed by atoms with Gasteiger partial charge in [-0.2, -0.15) is 26.3 Å². The number of sulfone groups is 1. The van der Waals surface area contributed by atoms with E-state index in [1.165, 1.54) is 36.4 Å². The van der Waals surface area contributed by atoms with Crippen molar-refractivity contribution in [3.05, 3.63) is 71.4 Å². The second kappa shape index (κ2) is 8.41. The number of hydrogen-bond acceptors (Lipinski definition) is 5. The summed E-state index contributed by atoms with van der Waals surface area (Å²) in [7, 11) is -3.49. The molecule has 0 radical (unpaired) electrons. The van der Waals surface area contributed by atoms with E-state index in [0.717, 1.165) is 24.5 Å². The highest BCUT2D eigenvalue weighted by Gasteiger charge is 2.34. The lowest BCUT2D eigenvalue weighted by Gasteiger charge is -2.13. The van der Waals surface area contributed by atoms with Crippen molar-refractivity contribution in [2.45, 2.75) is 23.8 Å². The second-order valence-corrected chi connectivity index (χ2v) is 8.82. The molecule has 0 bridgehead atoms. The monoisotopic (exact) mass is 475 g/mol. The van der Waals surface area contributed by atoms with E-state index < -0.39 is 33.4 Å². The molecule has 1 heterocycles. The third kappa shape index (κ3) is 5.75. The third-order valence-electron chi connectivity index (χ3n) is 4.33. The third-order valence-corrected chi connectivity index (χ3v) is 5.46. The van der Waals surface area contributed by atoms with Crippen LogP contribution in [0.5, 0.6) is 0 Å². The summed E-state index contributed by atoms with van der Waals surface area (Å²) >= 11 is 0. The van der Waals surface area contributed by atoms with Gasteiger partial charge in [-0.3, -0.25) is 0 Å². The zero-order valence-electron chi connectivity index (χ0n) is 16.3. The van der Waals surface area contributed by atoms with Crippen LogP contribution in [0, 0.1) is 0 Å². The van der Waals surface area contributed by atoms with Crippen molar-refractivity contribution in [3.8, 4) is 11.3 Å². The molecular formula is C20H15F6N3O2S. The average molecular weight is 475 g/mol. The number of rotatable bonds is 5. The van der Waals surface area contributed by atoms with Gasteiger partial charge < -0.3 is 5.32 Å². The summed E-state index contributed by atoms with van der Waals surface area (Å²) in [5.74, 6) is -0.387. The standard InChI is InChI=1S/C20H15F6N3O2S/c1-32(30,31)15-8-4-13(5-9-15)16-10-17(20(24,25)26)29-18(28-16)27-11-12-2-6-14(7-3-12)19(21,22)23/h2-10H,11H2,1H3,(H,27,28,29). The first kappa shape index (κ1) is 23.5. The van der Waals surface area contributed by atoms with Crippen molar-refractivity contribution in [2.24, 2.45) is 0 Å². The lowest BCUT2D eigenvalue weighted by molar-refractivity contribution is -0.141. The van der Waals surface area contributed by atoms with Crippen molar-refractivity contribution in [3.63, 3.8) is 0 Å². The van der Waals surface area contributed by atoms with Crippen LogP contribution in [-0.2, 0) is 28.7 Å². The van der Waals surface area contributed by atoms with Gasteiger partial charge in [-0.15, -0.1) is 0 Å². The van der Waals surface area contributed by atoms with Crippen LogP contribution in [0.4, 0.5) is 32.3 Å². The molecule has 0 fully saturated rings. The van der Waals surface area contributed by atoms with E-state index in [1.54, 1.807) is 0 Å². The van der Waals surface area contributed by atoms with E-state index >= 15 is 0 Å². The number of benzene rings is 2. The minimum Gasteiger partial charge on any atom is -0.350 e. The summed E-state index contributed by atoms with van der Waals surface area (Å²) in [6.07, 6.45) is -8.29. The maximum absolute atomic E-state index is 13.3. The van der Waals surface area contributed by atoms with Crippen LogP contribution in [0.2, 0.25) is 0 Å². The van der Waals surface area contributed by atoms with Crippen LogP contribution in [0.3, 0.4) is 0 Å². The Morgan fingerprint density at radius 2 is 1.44 bits per heavy atom. The molecule has 2 aromatic carbocycles. The average Bonchev–Trinajstić information content (AvgIpc) is 2.70. The summed E-state index contributed by atoms with van der Waals surface area (Å²) in [5, 5.41) is 2.58. The van der Waals surface area contributed by atoms with Gasteiger partial charge in [0.2, 0.25) is 5.95 Å². The number of nitrogens with zero attached hydrogens (tertiary/aromatic N) is 2. The lowest BCUT2D eigenvalue weighted by atomic mass is 10.1. The minimum absolute atomic E-state index is 0.00740. The first-order chi connectivity index (χ1) is 14.7. The Hall–Kier alpha value is -3.15. The zero-order valence-corrected chi connectivity index (χ0v) is 17.1. The maximum Gasteiger partial charge on any atom is 0.433 e. The Bertz CT molecular complexity index is 1210. The quantitative estimate of drug-likeness (QED) is 0.514. The van der Waals surface area contributed by atoms with Gasteiger partial charge in [0.15, 0.2) is 15.5 Å². The molecule has 0 spiro atoms. The second-order valence-electron chi connectivity index (χ2n) is 6.80. The summed E-state index contributed by atoms with van der Waals surface area (Å²) in [4.78, 5) is 7.46. The lowest BCUT2D eigenvalue weighted by Crippen LogP contribution is -2.13. The number of nitrogens with one attached hydrogen (secondary N) is 1. The molecule has 0 amide bonds. The molecule has 0 aliphatic rings. The summed E-state index contributed by atoms with van der Waals surface area (Å²) in [6.45, 7) is -0.119. The van der Waals surface area contributed by atoms with Gasteiger partial charge in [0.05, 0.1) is 16.2 Å². The molecule has 3 rings (SSSR count). The molecular weight excluding hydrogens is 460 g/mol. The molecule has 0 aliphatic heterocycles. The van der Waals surface area contributed by atoms with E-state index in [1.807, 2.05) is 0 Å². The number of alkyl halides is 6. The van der Waals surface area contributed by atoms with Crippen molar-refractivity contribution in [1.82, 2.24) is 9.97 Å². The van der Waals surface area contributed by atoms with E-state index in [2.05, 4.69) is 15.3 Å². The Morgan fingerprint density at radius 1 is 0.844 bits per heavy atom. The molecule has 1 aromatic heterocycles. The van der Waals surface area contributed by atoms with Gasteiger partial charge >= 0.3 is 12.4 Å². The van der Waals surface area contributed by atoms with Crippen molar-refractivity contribution in [1.29, 1.82) is 0 Å². The maximum atomic E-state index is 13.3. The molecule has 5 nitrogen and oxygen atoms in total. The number of hydrogen-bond donors (Lipinski definition) is 1. The molecule has 0 aliphatic carbocycles. The Balaban J connectivity index is 1.89. The molecule has 0 unspecified atom stereocenters. The van der Waals surface area contributed by atoms with E-state index in [-0.39, 0.29) is 28.6 Å². The molecule has 3 aromatic rings. The fraction of sp³-hybridized carbons (Fsp3) is 0.200. The number of anilines is 1. The highest BCUT2D eigenvalue weighted by molar-refractivity contribution is 7.90. The van der Waals surface area contributed by atoms with E-state index in [0.29, 0.717) is 5.56 Å². The van der Waals surface area contributed by atoms with Gasteiger partial charge in [0.1, 0.15) is 0 Å². The van der Waals surface area contributed by atoms with Gasteiger partial charge in [0, 0.05) is 18.4 Å². The Morgan fingerprint density at radius 3 is 1.94 bits per heavy atom. The van der Waals surface area contributed by atoms with Crippen LogP contribution >= 0.6 is 0 Å². The molecule has 12 heteroatoms. The minimum atomic E-state index is -4.78. The normalized spacial score (nSPS) is 12.6. The number of halogens is 6. The van der Waals surface area contributed by atoms with Crippen molar-refractivity contribution < 1.29 is 34.8 Å². The Kier molecular flexibility index (Phi) is 6.18. The highest BCUT2D eigenvalue weighted by atomic mass is 32.2. The first-order valence-electron chi connectivity index (χ1n) is 8.90. The van der Waals surface area contributed by atoms with Crippen LogP contribution in [0.25, 0.3) is 11.3 Å².